The molecule has 0 spiro atoms. The molecule has 134 valence electrons. The van der Waals surface area contributed by atoms with Gasteiger partial charge in [0, 0.05) is 11.7 Å². The highest BCUT2D eigenvalue weighted by Gasteiger charge is 2.17. The van der Waals surface area contributed by atoms with Crippen molar-refractivity contribution in [1.82, 2.24) is 0 Å². The van der Waals surface area contributed by atoms with E-state index in [1.165, 1.54) is 12.1 Å². The number of nitrogens with one attached hydrogen (secondary N) is 2. The molecule has 0 saturated carbocycles. The predicted molar refractivity (Wildman–Crippen MR) is 96.4 cm³/mol. The molecule has 0 saturated heterocycles. The van der Waals surface area contributed by atoms with Crippen LogP contribution in [0.2, 0.25) is 0 Å². The largest absolute Gasteiger partial charge is 0.508 e. The van der Waals surface area contributed by atoms with Gasteiger partial charge in [0.15, 0.2) is 0 Å². The number of aromatic hydroxyl groups is 1. The molecular weight excluding hydrogens is 323 g/mol. The molecule has 2 aromatic carbocycles. The zero-order chi connectivity index (χ0) is 18.6. The Morgan fingerprint density at radius 2 is 1.80 bits per heavy atom. The average molecular weight is 346 g/mol. The number of hydrogen-bond acceptors (Lipinski definition) is 4. The lowest BCUT2D eigenvalue weighted by atomic mass is 10.1. The quantitative estimate of drug-likeness (QED) is 0.724. The molecular formula is C19H23FN2O3. The standard InChI is InChI=1S/C19H23FN2O3/c1-12(13-5-8-15(23)9-6-13)21-14-7-10-16(20)17(11-14)22-18(24)25-19(2,3)4/h5-12,21,23H,1-4H3,(H,22,24). The van der Waals surface area contributed by atoms with Gasteiger partial charge in [-0.25, -0.2) is 9.18 Å². The molecule has 2 aromatic rings. The molecule has 6 heteroatoms. The molecule has 1 unspecified atom stereocenters. The lowest BCUT2D eigenvalue weighted by Crippen LogP contribution is -2.27. The predicted octanol–water partition coefficient (Wildman–Crippen LogP) is 5.05. The molecule has 5 nitrogen and oxygen atoms in total. The van der Waals surface area contributed by atoms with Crippen LogP contribution in [0.3, 0.4) is 0 Å². The van der Waals surface area contributed by atoms with Crippen molar-refractivity contribution in [2.24, 2.45) is 0 Å². The Balaban J connectivity index is 2.10. The molecule has 0 bridgehead atoms. The summed E-state index contributed by atoms with van der Waals surface area (Å²) in [5, 5.41) is 15.0. The third kappa shape index (κ3) is 5.67. The molecule has 0 aliphatic heterocycles. The number of carbonyl (C=O) groups excluding carboxylic acids is 1. The first-order valence-electron chi connectivity index (χ1n) is 7.99. The number of carbonyl (C=O) groups is 1. The van der Waals surface area contributed by atoms with Crippen molar-refractivity contribution >= 4 is 17.5 Å². The summed E-state index contributed by atoms with van der Waals surface area (Å²) in [7, 11) is 0. The Morgan fingerprint density at radius 3 is 2.40 bits per heavy atom. The molecule has 0 aliphatic rings. The van der Waals surface area contributed by atoms with Gasteiger partial charge in [0.2, 0.25) is 0 Å². The van der Waals surface area contributed by atoms with Gasteiger partial charge < -0.3 is 15.2 Å². The van der Waals surface area contributed by atoms with Crippen LogP contribution in [0.25, 0.3) is 0 Å². The first-order chi connectivity index (χ1) is 11.6. The summed E-state index contributed by atoms with van der Waals surface area (Å²) in [5.41, 5.74) is 0.984. The molecule has 0 aromatic heterocycles. The van der Waals surface area contributed by atoms with Crippen LogP contribution in [0.5, 0.6) is 5.75 Å². The summed E-state index contributed by atoms with van der Waals surface area (Å²) >= 11 is 0. The van der Waals surface area contributed by atoms with Gasteiger partial charge in [-0.2, -0.15) is 0 Å². The Bertz CT molecular complexity index is 739. The highest BCUT2D eigenvalue weighted by molar-refractivity contribution is 5.85. The van der Waals surface area contributed by atoms with Crippen molar-refractivity contribution in [2.45, 2.75) is 39.3 Å². The number of amides is 1. The molecule has 1 atom stereocenters. The molecule has 0 radical (unpaired) electrons. The second-order valence-corrected chi connectivity index (χ2v) is 6.78. The van der Waals surface area contributed by atoms with E-state index in [4.69, 9.17) is 4.74 Å². The van der Waals surface area contributed by atoms with Crippen molar-refractivity contribution < 1.29 is 19.0 Å². The van der Waals surface area contributed by atoms with E-state index in [2.05, 4.69) is 10.6 Å². The molecule has 0 heterocycles. The number of hydrogen-bond donors (Lipinski definition) is 3. The van der Waals surface area contributed by atoms with Crippen molar-refractivity contribution in [3.8, 4) is 5.75 Å². The minimum absolute atomic E-state index is 0.0390. The van der Waals surface area contributed by atoms with E-state index in [1.807, 2.05) is 6.92 Å². The van der Waals surface area contributed by atoms with E-state index in [1.54, 1.807) is 51.1 Å². The smallest absolute Gasteiger partial charge is 0.412 e. The Kier molecular flexibility index (Phi) is 5.51. The van der Waals surface area contributed by atoms with Crippen molar-refractivity contribution in [3.63, 3.8) is 0 Å². The number of ether oxygens (including phenoxy) is 1. The van der Waals surface area contributed by atoms with E-state index >= 15 is 0 Å². The first kappa shape index (κ1) is 18.6. The van der Waals surface area contributed by atoms with Gasteiger partial charge in [-0.3, -0.25) is 5.32 Å². The van der Waals surface area contributed by atoms with Gasteiger partial charge in [0.1, 0.15) is 17.2 Å². The number of rotatable bonds is 4. The molecule has 1 amide bonds. The minimum Gasteiger partial charge on any atom is -0.508 e. The molecule has 25 heavy (non-hydrogen) atoms. The highest BCUT2D eigenvalue weighted by Crippen LogP contribution is 2.25. The lowest BCUT2D eigenvalue weighted by Gasteiger charge is -2.20. The van der Waals surface area contributed by atoms with Crippen molar-refractivity contribution in [1.29, 1.82) is 0 Å². The van der Waals surface area contributed by atoms with E-state index in [9.17, 15) is 14.3 Å². The monoisotopic (exact) mass is 346 g/mol. The number of phenols is 1. The van der Waals surface area contributed by atoms with Gasteiger partial charge in [-0.15, -0.1) is 0 Å². The van der Waals surface area contributed by atoms with Crippen LogP contribution in [0.15, 0.2) is 42.5 Å². The van der Waals surface area contributed by atoms with Gasteiger partial charge in [-0.05, 0) is 63.6 Å². The van der Waals surface area contributed by atoms with Crippen molar-refractivity contribution in [2.75, 3.05) is 10.6 Å². The van der Waals surface area contributed by atoms with Gasteiger partial charge in [-0.1, -0.05) is 12.1 Å². The zero-order valence-electron chi connectivity index (χ0n) is 14.8. The number of benzene rings is 2. The Hall–Kier alpha value is -2.76. The third-order valence-corrected chi connectivity index (χ3v) is 3.38. The van der Waals surface area contributed by atoms with Crippen molar-refractivity contribution in [3.05, 3.63) is 53.8 Å². The van der Waals surface area contributed by atoms with Crippen LogP contribution in [-0.4, -0.2) is 16.8 Å². The van der Waals surface area contributed by atoms with E-state index in [0.717, 1.165) is 5.56 Å². The Morgan fingerprint density at radius 1 is 1.16 bits per heavy atom. The number of phenolic OH excluding ortho intramolecular Hbond substituents is 1. The summed E-state index contributed by atoms with van der Waals surface area (Å²) in [6, 6.07) is 11.1. The zero-order valence-corrected chi connectivity index (χ0v) is 14.8. The van der Waals surface area contributed by atoms with Crippen LogP contribution in [0.1, 0.15) is 39.3 Å². The normalized spacial score (nSPS) is 12.4. The fraction of sp³-hybridized carbons (Fsp3) is 0.316. The lowest BCUT2D eigenvalue weighted by molar-refractivity contribution is 0.0635. The maximum absolute atomic E-state index is 13.9. The molecule has 2 rings (SSSR count). The average Bonchev–Trinajstić information content (AvgIpc) is 2.49. The van der Waals surface area contributed by atoms with E-state index in [-0.39, 0.29) is 17.5 Å². The van der Waals surface area contributed by atoms with Gasteiger partial charge >= 0.3 is 6.09 Å². The van der Waals surface area contributed by atoms with Crippen LogP contribution in [-0.2, 0) is 4.74 Å². The summed E-state index contributed by atoms with van der Waals surface area (Å²) in [4.78, 5) is 11.8. The fourth-order valence-electron chi connectivity index (χ4n) is 2.22. The molecule has 0 fully saturated rings. The number of halogens is 1. The second kappa shape index (κ2) is 7.42. The SMILES string of the molecule is CC(Nc1ccc(F)c(NC(=O)OC(C)(C)C)c1)c1ccc(O)cc1. The minimum atomic E-state index is -0.713. The maximum atomic E-state index is 13.9. The topological polar surface area (TPSA) is 70.6 Å². The van der Waals surface area contributed by atoms with E-state index in [0.29, 0.717) is 5.69 Å². The number of anilines is 2. The maximum Gasteiger partial charge on any atom is 0.412 e. The summed E-state index contributed by atoms with van der Waals surface area (Å²) in [5.74, 6) is -0.352. The fourth-order valence-corrected chi connectivity index (χ4v) is 2.22. The summed E-state index contributed by atoms with van der Waals surface area (Å²) in [6.07, 6.45) is -0.713. The summed E-state index contributed by atoms with van der Waals surface area (Å²) < 4.78 is 19.1. The van der Waals surface area contributed by atoms with Crippen LogP contribution < -0.4 is 10.6 Å². The van der Waals surface area contributed by atoms with Crippen LogP contribution >= 0.6 is 0 Å². The summed E-state index contributed by atoms with van der Waals surface area (Å²) in [6.45, 7) is 7.15. The molecule has 0 aliphatic carbocycles. The van der Waals surface area contributed by atoms with Crippen LogP contribution in [0, 0.1) is 5.82 Å². The van der Waals surface area contributed by atoms with Gasteiger partial charge in [0.05, 0.1) is 5.69 Å². The molecule has 3 N–H and O–H groups in total. The van der Waals surface area contributed by atoms with Gasteiger partial charge in [0.25, 0.3) is 0 Å². The van der Waals surface area contributed by atoms with Crippen LogP contribution in [0.4, 0.5) is 20.6 Å². The second-order valence-electron chi connectivity index (χ2n) is 6.78. The Labute approximate surface area is 146 Å². The van der Waals surface area contributed by atoms with E-state index < -0.39 is 17.5 Å². The highest BCUT2D eigenvalue weighted by atomic mass is 19.1. The first-order valence-corrected chi connectivity index (χ1v) is 7.99. The third-order valence-electron chi connectivity index (χ3n) is 3.38.